The van der Waals surface area contributed by atoms with Gasteiger partial charge in [-0.1, -0.05) is 30.0 Å². The maximum Gasteiger partial charge on any atom is 0.263 e. The van der Waals surface area contributed by atoms with Gasteiger partial charge in [-0.25, -0.2) is 4.98 Å². The van der Waals surface area contributed by atoms with Crippen LogP contribution in [0.5, 0.6) is 0 Å². The molecular formula is C21H19N3O2S2. The fourth-order valence-corrected chi connectivity index (χ4v) is 4.86. The van der Waals surface area contributed by atoms with Crippen LogP contribution >= 0.6 is 23.1 Å². The number of Topliss-reactive ketones (excluding diaryl/α,β-unsaturated/α-hetero) is 1. The highest BCUT2D eigenvalue weighted by Crippen LogP contribution is 2.33. The summed E-state index contributed by atoms with van der Waals surface area (Å²) in [4.78, 5) is 33.5. The van der Waals surface area contributed by atoms with Crippen LogP contribution in [0.4, 0.5) is 0 Å². The van der Waals surface area contributed by atoms with Gasteiger partial charge in [0, 0.05) is 24.2 Å². The minimum atomic E-state index is -0.0886. The number of hydrogen-bond acceptors (Lipinski definition) is 5. The molecule has 7 heteroatoms. The SMILES string of the molecule is Cc1ccc(-c2csc3nc(SCC(=O)c4ccc[nH]4)n(C)c(=O)c23)cc1C. The van der Waals surface area contributed by atoms with E-state index in [0.717, 1.165) is 11.1 Å². The lowest BCUT2D eigenvalue weighted by Crippen LogP contribution is -2.20. The van der Waals surface area contributed by atoms with Crippen LogP contribution in [0.2, 0.25) is 0 Å². The minimum Gasteiger partial charge on any atom is -0.359 e. The summed E-state index contributed by atoms with van der Waals surface area (Å²) in [6, 6.07) is 9.75. The maximum absolute atomic E-state index is 13.1. The summed E-state index contributed by atoms with van der Waals surface area (Å²) in [5.74, 6) is 0.202. The maximum atomic E-state index is 13.1. The van der Waals surface area contributed by atoms with E-state index in [9.17, 15) is 9.59 Å². The summed E-state index contributed by atoms with van der Waals surface area (Å²) < 4.78 is 1.53. The Hall–Kier alpha value is -2.64. The van der Waals surface area contributed by atoms with E-state index in [1.54, 1.807) is 25.4 Å². The summed E-state index contributed by atoms with van der Waals surface area (Å²) in [6.07, 6.45) is 1.72. The Morgan fingerprint density at radius 3 is 2.79 bits per heavy atom. The van der Waals surface area contributed by atoms with Gasteiger partial charge in [-0.2, -0.15) is 0 Å². The number of fused-ring (bicyclic) bond motifs is 1. The summed E-state index contributed by atoms with van der Waals surface area (Å²) >= 11 is 2.74. The lowest BCUT2D eigenvalue weighted by Gasteiger charge is -2.08. The molecule has 0 atom stereocenters. The van der Waals surface area contributed by atoms with Crippen molar-refractivity contribution in [3.8, 4) is 11.1 Å². The number of carbonyl (C=O) groups is 1. The lowest BCUT2D eigenvalue weighted by atomic mass is 10.0. The van der Waals surface area contributed by atoms with Gasteiger partial charge in [0.15, 0.2) is 10.9 Å². The van der Waals surface area contributed by atoms with Crippen molar-refractivity contribution >= 4 is 39.1 Å². The zero-order valence-electron chi connectivity index (χ0n) is 15.8. The zero-order chi connectivity index (χ0) is 19.8. The van der Waals surface area contributed by atoms with E-state index in [2.05, 4.69) is 35.9 Å². The number of aryl methyl sites for hydroxylation is 2. The number of H-pyrrole nitrogens is 1. The minimum absolute atomic E-state index is 0.0219. The summed E-state index contributed by atoms with van der Waals surface area (Å²) in [5.41, 5.74) is 4.82. The van der Waals surface area contributed by atoms with Gasteiger partial charge in [-0.3, -0.25) is 14.2 Å². The average Bonchev–Trinajstić information content (AvgIpc) is 3.35. The predicted octanol–water partition coefficient (Wildman–Crippen LogP) is 4.58. The van der Waals surface area contributed by atoms with Crippen molar-refractivity contribution in [1.29, 1.82) is 0 Å². The van der Waals surface area contributed by atoms with Crippen LogP contribution < -0.4 is 5.56 Å². The Labute approximate surface area is 170 Å². The molecule has 3 heterocycles. The molecule has 0 spiro atoms. The van der Waals surface area contributed by atoms with Crippen molar-refractivity contribution in [1.82, 2.24) is 14.5 Å². The molecule has 142 valence electrons. The summed E-state index contributed by atoms with van der Waals surface area (Å²) in [5, 5.41) is 3.17. The summed E-state index contributed by atoms with van der Waals surface area (Å²) in [6.45, 7) is 4.14. The second-order valence-electron chi connectivity index (χ2n) is 6.68. The van der Waals surface area contributed by atoms with Gasteiger partial charge in [0.1, 0.15) is 4.83 Å². The smallest absolute Gasteiger partial charge is 0.263 e. The van der Waals surface area contributed by atoms with Crippen molar-refractivity contribution in [3.05, 3.63) is 69.1 Å². The molecule has 0 aliphatic carbocycles. The third-order valence-electron chi connectivity index (χ3n) is 4.82. The number of nitrogens with zero attached hydrogens (tertiary/aromatic N) is 2. The molecule has 28 heavy (non-hydrogen) atoms. The fourth-order valence-electron chi connectivity index (χ4n) is 3.02. The van der Waals surface area contributed by atoms with Gasteiger partial charge < -0.3 is 4.98 Å². The summed E-state index contributed by atoms with van der Waals surface area (Å²) in [7, 11) is 1.71. The van der Waals surface area contributed by atoms with Crippen molar-refractivity contribution < 1.29 is 4.79 Å². The first kappa shape index (κ1) is 18.7. The Kier molecular flexibility index (Phi) is 4.95. The van der Waals surface area contributed by atoms with Gasteiger partial charge in [0.2, 0.25) is 0 Å². The van der Waals surface area contributed by atoms with Crippen LogP contribution in [-0.4, -0.2) is 26.1 Å². The zero-order valence-corrected chi connectivity index (χ0v) is 17.4. The van der Waals surface area contributed by atoms with Crippen LogP contribution in [0.3, 0.4) is 0 Å². The van der Waals surface area contributed by atoms with Crippen molar-refractivity contribution in [2.45, 2.75) is 19.0 Å². The van der Waals surface area contributed by atoms with E-state index in [-0.39, 0.29) is 17.1 Å². The van der Waals surface area contributed by atoms with E-state index < -0.39 is 0 Å². The highest BCUT2D eigenvalue weighted by atomic mass is 32.2. The van der Waals surface area contributed by atoms with E-state index in [1.807, 2.05) is 11.4 Å². The molecule has 0 saturated carbocycles. The molecule has 0 amide bonds. The first-order valence-electron chi connectivity index (χ1n) is 8.81. The third-order valence-corrected chi connectivity index (χ3v) is 6.72. The number of aromatic nitrogens is 3. The molecule has 0 fully saturated rings. The standard InChI is InChI=1S/C21H19N3O2S2/c1-12-6-7-14(9-13(12)2)15-10-27-19-18(15)20(26)24(3)21(23-19)28-11-17(25)16-5-4-8-22-16/h4-10,22H,11H2,1-3H3. The number of ketones is 1. The van der Waals surface area contributed by atoms with E-state index in [0.29, 0.717) is 21.1 Å². The number of rotatable bonds is 5. The molecule has 1 aromatic carbocycles. The Balaban J connectivity index is 1.70. The van der Waals surface area contributed by atoms with Crippen molar-refractivity contribution in [2.75, 3.05) is 5.75 Å². The highest BCUT2D eigenvalue weighted by molar-refractivity contribution is 7.99. The van der Waals surface area contributed by atoms with Crippen molar-refractivity contribution in [2.24, 2.45) is 7.05 Å². The average molecular weight is 410 g/mol. The van der Waals surface area contributed by atoms with Crippen LogP contribution in [-0.2, 0) is 7.05 Å². The van der Waals surface area contributed by atoms with Gasteiger partial charge in [-0.05, 0) is 42.7 Å². The van der Waals surface area contributed by atoms with Crippen LogP contribution in [0.15, 0.2) is 51.9 Å². The monoisotopic (exact) mass is 409 g/mol. The normalized spacial score (nSPS) is 11.2. The van der Waals surface area contributed by atoms with Crippen molar-refractivity contribution in [3.63, 3.8) is 0 Å². The van der Waals surface area contributed by atoms with Crippen LogP contribution in [0.25, 0.3) is 21.3 Å². The number of nitrogens with one attached hydrogen (secondary N) is 1. The second-order valence-corrected chi connectivity index (χ2v) is 8.48. The molecule has 0 aliphatic heterocycles. The molecule has 0 saturated heterocycles. The lowest BCUT2D eigenvalue weighted by molar-refractivity contribution is 0.101. The number of thioether (sulfide) groups is 1. The molecule has 4 rings (SSSR count). The van der Waals surface area contributed by atoms with Crippen LogP contribution in [0, 0.1) is 13.8 Å². The Bertz CT molecular complexity index is 1240. The van der Waals surface area contributed by atoms with Gasteiger partial charge in [-0.15, -0.1) is 11.3 Å². The molecule has 0 aliphatic rings. The largest absolute Gasteiger partial charge is 0.359 e. The predicted molar refractivity (Wildman–Crippen MR) is 116 cm³/mol. The van der Waals surface area contributed by atoms with E-state index in [1.165, 1.54) is 38.8 Å². The van der Waals surface area contributed by atoms with Crippen LogP contribution in [0.1, 0.15) is 21.6 Å². The molecule has 5 nitrogen and oxygen atoms in total. The van der Waals surface area contributed by atoms with E-state index in [4.69, 9.17) is 0 Å². The number of hydrogen-bond donors (Lipinski definition) is 1. The second kappa shape index (κ2) is 7.41. The quantitative estimate of drug-likeness (QED) is 0.298. The number of carbonyl (C=O) groups excluding carboxylic acids is 1. The molecule has 4 aromatic rings. The third kappa shape index (κ3) is 3.31. The van der Waals surface area contributed by atoms with Gasteiger partial charge >= 0.3 is 0 Å². The molecular weight excluding hydrogens is 390 g/mol. The number of benzene rings is 1. The Morgan fingerprint density at radius 2 is 2.07 bits per heavy atom. The molecule has 1 N–H and O–H groups in total. The molecule has 0 unspecified atom stereocenters. The fraction of sp³-hybridized carbons (Fsp3) is 0.190. The van der Waals surface area contributed by atoms with Gasteiger partial charge in [0.25, 0.3) is 5.56 Å². The molecule has 0 bridgehead atoms. The number of thiophene rings is 1. The first-order chi connectivity index (χ1) is 13.5. The topological polar surface area (TPSA) is 67.8 Å². The molecule has 0 radical (unpaired) electrons. The number of aromatic amines is 1. The first-order valence-corrected chi connectivity index (χ1v) is 10.7. The highest BCUT2D eigenvalue weighted by Gasteiger charge is 2.17. The molecule has 3 aromatic heterocycles. The van der Waals surface area contributed by atoms with E-state index >= 15 is 0 Å². The Morgan fingerprint density at radius 1 is 1.25 bits per heavy atom. The van der Waals surface area contributed by atoms with Gasteiger partial charge in [0.05, 0.1) is 16.8 Å².